The van der Waals surface area contributed by atoms with Gasteiger partial charge in [0.2, 0.25) is 0 Å². The van der Waals surface area contributed by atoms with Crippen LogP contribution in [0.5, 0.6) is 11.6 Å². The van der Waals surface area contributed by atoms with Crippen LogP contribution in [0.1, 0.15) is 10.4 Å². The van der Waals surface area contributed by atoms with Crippen molar-refractivity contribution in [2.24, 2.45) is 0 Å². The van der Waals surface area contributed by atoms with Crippen LogP contribution in [0.15, 0.2) is 41.3 Å². The third kappa shape index (κ3) is 4.63. The first-order valence-corrected chi connectivity index (χ1v) is 5.38. The summed E-state index contributed by atoms with van der Waals surface area (Å²) >= 11 is 0. The summed E-state index contributed by atoms with van der Waals surface area (Å²) < 4.78 is 9.60. The molecule has 1 aromatic heterocycles. The highest BCUT2D eigenvalue weighted by atomic mass is 16.5. The Morgan fingerprint density at radius 3 is 2.37 bits per heavy atom. The number of aromatic amines is 1. The summed E-state index contributed by atoms with van der Waals surface area (Å²) in [6.07, 6.45) is 2.16. The number of benzene rings is 1. The SMILES string of the molecule is COc1ccccc1C=O.COc1ccnc(=O)[nH]1. The zero-order chi connectivity index (χ0) is 14.1. The third-order valence-corrected chi connectivity index (χ3v) is 2.13. The van der Waals surface area contributed by atoms with Gasteiger partial charge in [-0.15, -0.1) is 0 Å². The van der Waals surface area contributed by atoms with E-state index in [1.807, 2.05) is 6.07 Å². The number of carbonyl (C=O) groups excluding carboxylic acids is 1. The maximum absolute atomic E-state index is 10.4. The van der Waals surface area contributed by atoms with Crippen molar-refractivity contribution in [1.82, 2.24) is 9.97 Å². The van der Waals surface area contributed by atoms with E-state index in [4.69, 9.17) is 9.47 Å². The number of aldehydes is 1. The van der Waals surface area contributed by atoms with Gasteiger partial charge in [-0.1, -0.05) is 12.1 Å². The molecule has 0 aliphatic rings. The fourth-order valence-corrected chi connectivity index (χ4v) is 1.23. The van der Waals surface area contributed by atoms with Gasteiger partial charge in [0.05, 0.1) is 19.8 Å². The molecule has 2 aromatic rings. The van der Waals surface area contributed by atoms with Crippen LogP contribution in [-0.4, -0.2) is 30.5 Å². The monoisotopic (exact) mass is 262 g/mol. The second-order valence-corrected chi connectivity index (χ2v) is 3.30. The molecule has 1 N–H and O–H groups in total. The molecular formula is C13H14N2O4. The molecule has 0 fully saturated rings. The number of rotatable bonds is 3. The molecule has 6 heteroatoms. The molecule has 2 rings (SSSR count). The highest BCUT2D eigenvalue weighted by Crippen LogP contribution is 2.13. The molecule has 19 heavy (non-hydrogen) atoms. The quantitative estimate of drug-likeness (QED) is 0.843. The summed E-state index contributed by atoms with van der Waals surface area (Å²) in [7, 11) is 3.02. The van der Waals surface area contributed by atoms with Gasteiger partial charge in [-0.3, -0.25) is 9.78 Å². The van der Waals surface area contributed by atoms with Gasteiger partial charge in [0, 0.05) is 12.3 Å². The summed E-state index contributed by atoms with van der Waals surface area (Å²) in [5, 5.41) is 0. The molecule has 1 heterocycles. The van der Waals surface area contributed by atoms with Crippen LogP contribution >= 0.6 is 0 Å². The number of H-pyrrole nitrogens is 1. The molecule has 6 nitrogen and oxygen atoms in total. The summed E-state index contributed by atoms with van der Waals surface area (Å²) in [6, 6.07) is 8.66. The molecule has 1 aromatic carbocycles. The van der Waals surface area contributed by atoms with Gasteiger partial charge in [0.1, 0.15) is 5.75 Å². The van der Waals surface area contributed by atoms with Crippen LogP contribution in [0.2, 0.25) is 0 Å². The van der Waals surface area contributed by atoms with Gasteiger partial charge in [-0.25, -0.2) is 9.78 Å². The molecular weight excluding hydrogens is 248 g/mol. The summed E-state index contributed by atoms with van der Waals surface area (Å²) in [5.41, 5.74) is 0.194. The van der Waals surface area contributed by atoms with Crippen molar-refractivity contribution in [3.8, 4) is 11.6 Å². The molecule has 0 aliphatic carbocycles. The maximum Gasteiger partial charge on any atom is 0.347 e. The number of nitrogens with one attached hydrogen (secondary N) is 1. The highest BCUT2D eigenvalue weighted by Gasteiger charge is 1.96. The number of nitrogens with zero attached hydrogens (tertiary/aromatic N) is 1. The molecule has 0 amide bonds. The van der Waals surface area contributed by atoms with Crippen LogP contribution < -0.4 is 15.2 Å². The summed E-state index contributed by atoms with van der Waals surface area (Å²) in [5.74, 6) is 1.05. The van der Waals surface area contributed by atoms with Gasteiger partial charge in [-0.2, -0.15) is 0 Å². The minimum absolute atomic E-state index is 0.394. The highest BCUT2D eigenvalue weighted by molar-refractivity contribution is 5.79. The van der Waals surface area contributed by atoms with E-state index in [1.165, 1.54) is 13.3 Å². The van der Waals surface area contributed by atoms with Crippen molar-refractivity contribution in [3.63, 3.8) is 0 Å². The minimum Gasteiger partial charge on any atom is -0.496 e. The predicted molar refractivity (Wildman–Crippen MR) is 69.8 cm³/mol. The molecule has 100 valence electrons. The Morgan fingerprint density at radius 2 is 1.89 bits per heavy atom. The number of hydrogen-bond acceptors (Lipinski definition) is 5. The first kappa shape index (κ1) is 14.4. The van der Waals surface area contributed by atoms with Gasteiger partial charge >= 0.3 is 5.69 Å². The van der Waals surface area contributed by atoms with E-state index < -0.39 is 5.69 Å². The number of methoxy groups -OCH3 is 2. The van der Waals surface area contributed by atoms with Crippen LogP contribution in [0.4, 0.5) is 0 Å². The van der Waals surface area contributed by atoms with Gasteiger partial charge in [0.15, 0.2) is 12.2 Å². The number of aromatic nitrogens is 2. The van der Waals surface area contributed by atoms with E-state index in [0.29, 0.717) is 17.2 Å². The molecule has 0 saturated carbocycles. The van der Waals surface area contributed by atoms with Gasteiger partial charge < -0.3 is 9.47 Å². The van der Waals surface area contributed by atoms with Crippen molar-refractivity contribution in [2.75, 3.05) is 14.2 Å². The number of ether oxygens (including phenoxy) is 2. The minimum atomic E-state index is -0.394. The summed E-state index contributed by atoms with van der Waals surface area (Å²) in [6.45, 7) is 0. The molecule has 0 spiro atoms. The van der Waals surface area contributed by atoms with E-state index in [0.717, 1.165) is 6.29 Å². The Balaban J connectivity index is 0.000000191. The largest absolute Gasteiger partial charge is 0.496 e. The van der Waals surface area contributed by atoms with Crippen LogP contribution in [0, 0.1) is 0 Å². The van der Waals surface area contributed by atoms with Crippen LogP contribution in [-0.2, 0) is 0 Å². The maximum atomic E-state index is 10.4. The van der Waals surface area contributed by atoms with Crippen molar-refractivity contribution < 1.29 is 14.3 Å². The average molecular weight is 262 g/mol. The fraction of sp³-hybridized carbons (Fsp3) is 0.154. The van der Waals surface area contributed by atoms with E-state index in [1.54, 1.807) is 31.4 Å². The Morgan fingerprint density at radius 1 is 1.16 bits per heavy atom. The predicted octanol–water partition coefficient (Wildman–Crippen LogP) is 1.29. The smallest absolute Gasteiger partial charge is 0.347 e. The fourth-order valence-electron chi connectivity index (χ4n) is 1.23. The molecule has 0 unspecified atom stereocenters. The molecule has 0 bridgehead atoms. The molecule has 0 saturated heterocycles. The first-order valence-electron chi connectivity index (χ1n) is 5.38. The van der Waals surface area contributed by atoms with E-state index in [-0.39, 0.29) is 0 Å². The number of hydrogen-bond donors (Lipinski definition) is 1. The normalized spacial score (nSPS) is 8.95. The average Bonchev–Trinajstić information content (AvgIpc) is 2.47. The summed E-state index contributed by atoms with van der Waals surface area (Å²) in [4.78, 5) is 26.5. The van der Waals surface area contributed by atoms with Crippen molar-refractivity contribution in [1.29, 1.82) is 0 Å². The van der Waals surface area contributed by atoms with Gasteiger partial charge in [-0.05, 0) is 12.1 Å². The molecule has 0 radical (unpaired) electrons. The second kappa shape index (κ2) is 7.65. The molecule has 0 atom stereocenters. The lowest BCUT2D eigenvalue weighted by atomic mass is 10.2. The first-order chi connectivity index (χ1) is 9.21. The van der Waals surface area contributed by atoms with Crippen molar-refractivity contribution in [2.45, 2.75) is 0 Å². The van der Waals surface area contributed by atoms with Gasteiger partial charge in [0.25, 0.3) is 0 Å². The number of carbonyl (C=O) groups is 1. The van der Waals surface area contributed by atoms with Crippen LogP contribution in [0.25, 0.3) is 0 Å². The zero-order valence-corrected chi connectivity index (χ0v) is 10.6. The zero-order valence-electron chi connectivity index (χ0n) is 10.6. The van der Waals surface area contributed by atoms with E-state index in [2.05, 4.69) is 9.97 Å². The Hall–Kier alpha value is -2.63. The third-order valence-electron chi connectivity index (χ3n) is 2.13. The standard InChI is InChI=1S/C8H8O2.C5H6N2O2/c1-10-8-5-3-2-4-7(8)6-9;1-9-4-2-3-6-5(8)7-4/h2-6H,1H3;2-3H,1H3,(H,6,7,8). The lowest BCUT2D eigenvalue weighted by molar-refractivity contribution is 0.112. The lowest BCUT2D eigenvalue weighted by Gasteiger charge is -1.99. The Bertz CT molecular complexity index is 581. The van der Waals surface area contributed by atoms with Crippen LogP contribution in [0.3, 0.4) is 0 Å². The van der Waals surface area contributed by atoms with Crippen molar-refractivity contribution >= 4 is 6.29 Å². The second-order valence-electron chi connectivity index (χ2n) is 3.30. The molecule has 0 aliphatic heterocycles. The Kier molecular flexibility index (Phi) is 5.81. The lowest BCUT2D eigenvalue weighted by Crippen LogP contribution is -2.09. The Labute approximate surface area is 110 Å². The van der Waals surface area contributed by atoms with E-state index in [9.17, 15) is 9.59 Å². The number of para-hydroxylation sites is 1. The van der Waals surface area contributed by atoms with Crippen molar-refractivity contribution in [3.05, 3.63) is 52.6 Å². The van der Waals surface area contributed by atoms with E-state index >= 15 is 0 Å². The topological polar surface area (TPSA) is 81.3 Å².